The summed E-state index contributed by atoms with van der Waals surface area (Å²) in [5.74, 6) is 0. The molecule has 1 aliphatic heterocycles. The van der Waals surface area contributed by atoms with Crippen LogP contribution in [0.3, 0.4) is 0 Å². The first kappa shape index (κ1) is 10.9. The number of rotatable bonds is 2. The smallest absolute Gasteiger partial charge is 0.186 e. The molecule has 5 nitrogen and oxygen atoms in total. The lowest BCUT2D eigenvalue weighted by molar-refractivity contribution is -0.291. The minimum Gasteiger partial charge on any atom is -0.388 e. The summed E-state index contributed by atoms with van der Waals surface area (Å²) < 4.78 is 15.2. The van der Waals surface area contributed by atoms with Crippen molar-refractivity contribution in [3.8, 4) is 0 Å². The number of aliphatic hydroxyl groups is 2. The van der Waals surface area contributed by atoms with Crippen LogP contribution in [0.4, 0.5) is 0 Å². The van der Waals surface area contributed by atoms with Gasteiger partial charge in [-0.2, -0.15) is 0 Å². The predicted octanol–water partition coefficient (Wildman–Crippen LogP) is -0.886. The van der Waals surface area contributed by atoms with E-state index in [9.17, 15) is 10.2 Å². The Morgan fingerprint density at radius 3 is 2.15 bits per heavy atom. The van der Waals surface area contributed by atoms with E-state index >= 15 is 0 Å². The highest BCUT2D eigenvalue weighted by Crippen LogP contribution is 2.22. The molecule has 0 saturated carbocycles. The summed E-state index contributed by atoms with van der Waals surface area (Å²) >= 11 is 0. The van der Waals surface area contributed by atoms with Crippen LogP contribution in [-0.4, -0.2) is 55.1 Å². The summed E-state index contributed by atoms with van der Waals surface area (Å²) in [6.07, 6.45) is -3.63. The number of hydrogen-bond acceptors (Lipinski definition) is 5. The normalized spacial score (nSPS) is 46.4. The first-order valence-corrected chi connectivity index (χ1v) is 4.19. The van der Waals surface area contributed by atoms with E-state index in [4.69, 9.17) is 14.2 Å². The highest BCUT2D eigenvalue weighted by atomic mass is 16.7. The molecule has 1 saturated heterocycles. The monoisotopic (exact) mass is 192 g/mol. The summed E-state index contributed by atoms with van der Waals surface area (Å²) in [5.41, 5.74) is 0. The largest absolute Gasteiger partial charge is 0.388 e. The van der Waals surface area contributed by atoms with E-state index in [0.717, 1.165) is 0 Å². The van der Waals surface area contributed by atoms with Crippen LogP contribution in [0, 0.1) is 0 Å². The van der Waals surface area contributed by atoms with Gasteiger partial charge in [0, 0.05) is 14.2 Å². The molecule has 0 aromatic rings. The van der Waals surface area contributed by atoms with Crippen molar-refractivity contribution in [2.24, 2.45) is 0 Å². The quantitative estimate of drug-likeness (QED) is 0.594. The van der Waals surface area contributed by atoms with Gasteiger partial charge in [0.15, 0.2) is 6.29 Å². The molecule has 0 aliphatic carbocycles. The molecule has 0 bridgehead atoms. The van der Waals surface area contributed by atoms with Crippen molar-refractivity contribution in [3.63, 3.8) is 0 Å². The molecule has 5 atom stereocenters. The summed E-state index contributed by atoms with van der Waals surface area (Å²) in [5, 5.41) is 19.0. The summed E-state index contributed by atoms with van der Waals surface area (Å²) in [7, 11) is 2.90. The summed E-state index contributed by atoms with van der Waals surface area (Å²) in [6.45, 7) is 1.67. The molecule has 0 aromatic heterocycles. The van der Waals surface area contributed by atoms with Crippen LogP contribution in [0.1, 0.15) is 6.92 Å². The van der Waals surface area contributed by atoms with Crippen molar-refractivity contribution in [3.05, 3.63) is 0 Å². The van der Waals surface area contributed by atoms with Crippen molar-refractivity contribution in [1.29, 1.82) is 0 Å². The molecule has 78 valence electrons. The lowest BCUT2D eigenvalue weighted by Crippen LogP contribution is -2.57. The minimum absolute atomic E-state index is 0.452. The Hall–Kier alpha value is -0.200. The fraction of sp³-hybridized carbons (Fsp3) is 1.00. The van der Waals surface area contributed by atoms with Gasteiger partial charge in [-0.25, -0.2) is 0 Å². The predicted molar refractivity (Wildman–Crippen MR) is 44.2 cm³/mol. The number of methoxy groups -OCH3 is 2. The molecule has 1 aliphatic rings. The average molecular weight is 192 g/mol. The van der Waals surface area contributed by atoms with Crippen LogP contribution in [0.15, 0.2) is 0 Å². The number of hydrogen-bond donors (Lipinski definition) is 2. The van der Waals surface area contributed by atoms with Gasteiger partial charge in [-0.3, -0.25) is 0 Å². The third-order valence-electron chi connectivity index (χ3n) is 2.29. The van der Waals surface area contributed by atoms with Crippen LogP contribution in [0.5, 0.6) is 0 Å². The van der Waals surface area contributed by atoms with E-state index in [0.29, 0.717) is 0 Å². The van der Waals surface area contributed by atoms with Gasteiger partial charge in [0.05, 0.1) is 6.10 Å². The maximum absolute atomic E-state index is 9.57. The molecule has 1 rings (SSSR count). The lowest BCUT2D eigenvalue weighted by Gasteiger charge is -2.39. The zero-order valence-corrected chi connectivity index (χ0v) is 8.01. The second-order valence-corrected chi connectivity index (χ2v) is 3.13. The Morgan fingerprint density at radius 1 is 1.08 bits per heavy atom. The second kappa shape index (κ2) is 4.34. The molecule has 0 unspecified atom stereocenters. The zero-order valence-electron chi connectivity index (χ0n) is 8.01. The van der Waals surface area contributed by atoms with Gasteiger partial charge in [0.1, 0.15) is 18.3 Å². The van der Waals surface area contributed by atoms with Crippen LogP contribution in [-0.2, 0) is 14.2 Å². The van der Waals surface area contributed by atoms with Crippen LogP contribution >= 0.6 is 0 Å². The highest BCUT2D eigenvalue weighted by Gasteiger charge is 2.43. The second-order valence-electron chi connectivity index (χ2n) is 3.13. The minimum atomic E-state index is -0.973. The van der Waals surface area contributed by atoms with Gasteiger partial charge in [0.25, 0.3) is 0 Å². The Bertz CT molecular complexity index is 161. The zero-order chi connectivity index (χ0) is 10.0. The van der Waals surface area contributed by atoms with Crippen molar-refractivity contribution in [1.82, 2.24) is 0 Å². The molecule has 0 radical (unpaired) electrons. The SMILES string of the molecule is CO[C@H]1O[C@@H](C)[C@H](O)[C@@H](O)[C@@H]1OC. The van der Waals surface area contributed by atoms with E-state index in [-0.39, 0.29) is 0 Å². The molecule has 0 amide bonds. The Kier molecular flexibility index (Phi) is 3.63. The van der Waals surface area contributed by atoms with E-state index in [1.807, 2.05) is 0 Å². The Morgan fingerprint density at radius 2 is 1.69 bits per heavy atom. The maximum atomic E-state index is 9.57. The van der Waals surface area contributed by atoms with Crippen LogP contribution in [0.2, 0.25) is 0 Å². The van der Waals surface area contributed by atoms with Crippen LogP contribution < -0.4 is 0 Å². The number of aliphatic hydroxyl groups excluding tert-OH is 2. The van der Waals surface area contributed by atoms with Crippen molar-refractivity contribution in [2.45, 2.75) is 37.6 Å². The molecular formula is C8H16O5. The molecule has 5 heteroatoms. The van der Waals surface area contributed by atoms with Crippen molar-refractivity contribution in [2.75, 3.05) is 14.2 Å². The van der Waals surface area contributed by atoms with Gasteiger partial charge in [0.2, 0.25) is 0 Å². The lowest BCUT2D eigenvalue weighted by atomic mass is 10.00. The summed E-state index contributed by atoms with van der Waals surface area (Å²) in [4.78, 5) is 0. The van der Waals surface area contributed by atoms with Gasteiger partial charge in [-0.15, -0.1) is 0 Å². The highest BCUT2D eigenvalue weighted by molar-refractivity contribution is 4.87. The molecular weight excluding hydrogens is 176 g/mol. The topological polar surface area (TPSA) is 68.2 Å². The van der Waals surface area contributed by atoms with Crippen LogP contribution in [0.25, 0.3) is 0 Å². The molecule has 1 heterocycles. The molecule has 2 N–H and O–H groups in total. The van der Waals surface area contributed by atoms with E-state index in [1.54, 1.807) is 6.92 Å². The Balaban J connectivity index is 2.69. The van der Waals surface area contributed by atoms with E-state index in [2.05, 4.69) is 0 Å². The summed E-state index contributed by atoms with van der Waals surface area (Å²) in [6, 6.07) is 0. The van der Waals surface area contributed by atoms with E-state index in [1.165, 1.54) is 14.2 Å². The maximum Gasteiger partial charge on any atom is 0.186 e. The molecule has 13 heavy (non-hydrogen) atoms. The standard InChI is InChI=1S/C8H16O5/c1-4-5(9)6(10)7(11-2)8(12-3)13-4/h4-10H,1-3H3/t4-,5-,6+,7-,8-/m0/s1. The number of ether oxygens (including phenoxy) is 3. The molecule has 1 fully saturated rings. The molecule has 0 spiro atoms. The van der Waals surface area contributed by atoms with E-state index < -0.39 is 30.7 Å². The fourth-order valence-electron chi connectivity index (χ4n) is 1.44. The van der Waals surface area contributed by atoms with Gasteiger partial charge in [-0.05, 0) is 6.92 Å². The van der Waals surface area contributed by atoms with Crippen molar-refractivity contribution < 1.29 is 24.4 Å². The molecule has 0 aromatic carbocycles. The first-order valence-electron chi connectivity index (χ1n) is 4.19. The average Bonchev–Trinajstić information content (AvgIpc) is 2.13. The third kappa shape index (κ3) is 2.00. The van der Waals surface area contributed by atoms with Gasteiger partial charge < -0.3 is 24.4 Å². The first-order chi connectivity index (χ1) is 6.11. The van der Waals surface area contributed by atoms with Gasteiger partial charge >= 0.3 is 0 Å². The van der Waals surface area contributed by atoms with Gasteiger partial charge in [-0.1, -0.05) is 0 Å². The third-order valence-corrected chi connectivity index (χ3v) is 2.29. The Labute approximate surface area is 77.2 Å². The fourth-order valence-corrected chi connectivity index (χ4v) is 1.44. The van der Waals surface area contributed by atoms with Crippen molar-refractivity contribution >= 4 is 0 Å².